The maximum atomic E-state index is 5.30. The number of likely N-dealkylation sites (N-methyl/N-ethyl adjacent to an activating group) is 1. The van der Waals surface area contributed by atoms with Gasteiger partial charge in [-0.2, -0.15) is 0 Å². The van der Waals surface area contributed by atoms with Crippen molar-refractivity contribution < 1.29 is 4.74 Å². The van der Waals surface area contributed by atoms with Crippen LogP contribution >= 0.6 is 0 Å². The van der Waals surface area contributed by atoms with Crippen LogP contribution in [0.1, 0.15) is 32.3 Å². The number of rotatable bonds is 6. The fraction of sp³-hybridized carbons (Fsp3) is 0.692. The van der Waals surface area contributed by atoms with Gasteiger partial charge in [-0.3, -0.25) is 0 Å². The SMILES string of the molecule is CNc1ncnc(N(C)CC(C)OC)c1C(C)C. The summed E-state index contributed by atoms with van der Waals surface area (Å²) in [4.78, 5) is 10.8. The summed E-state index contributed by atoms with van der Waals surface area (Å²) in [6.07, 6.45) is 1.77. The predicted octanol–water partition coefficient (Wildman–Crippen LogP) is 2.11. The van der Waals surface area contributed by atoms with Gasteiger partial charge in [0.25, 0.3) is 0 Å². The molecule has 0 spiro atoms. The fourth-order valence-corrected chi connectivity index (χ4v) is 1.97. The summed E-state index contributed by atoms with van der Waals surface area (Å²) in [7, 11) is 5.64. The third-order valence-electron chi connectivity index (χ3n) is 2.97. The minimum absolute atomic E-state index is 0.169. The zero-order chi connectivity index (χ0) is 13.7. The molecule has 1 atom stereocenters. The number of nitrogens with zero attached hydrogens (tertiary/aromatic N) is 3. The lowest BCUT2D eigenvalue weighted by molar-refractivity contribution is 0.124. The van der Waals surface area contributed by atoms with Gasteiger partial charge in [0, 0.05) is 33.3 Å². The normalized spacial score (nSPS) is 12.6. The lowest BCUT2D eigenvalue weighted by Gasteiger charge is -2.26. The molecule has 18 heavy (non-hydrogen) atoms. The van der Waals surface area contributed by atoms with Crippen molar-refractivity contribution in [1.82, 2.24) is 9.97 Å². The van der Waals surface area contributed by atoms with Gasteiger partial charge in [0.05, 0.1) is 6.10 Å². The van der Waals surface area contributed by atoms with Crippen LogP contribution in [0.2, 0.25) is 0 Å². The van der Waals surface area contributed by atoms with Gasteiger partial charge in [-0.15, -0.1) is 0 Å². The summed E-state index contributed by atoms with van der Waals surface area (Å²) >= 11 is 0. The predicted molar refractivity (Wildman–Crippen MR) is 75.4 cm³/mol. The average Bonchev–Trinajstić information content (AvgIpc) is 2.37. The number of hydrogen-bond donors (Lipinski definition) is 1. The van der Waals surface area contributed by atoms with Gasteiger partial charge >= 0.3 is 0 Å². The molecule has 1 rings (SSSR count). The summed E-state index contributed by atoms with van der Waals surface area (Å²) in [5, 5.41) is 3.13. The molecular weight excluding hydrogens is 228 g/mol. The zero-order valence-corrected chi connectivity index (χ0v) is 12.2. The van der Waals surface area contributed by atoms with E-state index in [0.29, 0.717) is 5.92 Å². The van der Waals surface area contributed by atoms with Crippen LogP contribution in [0.15, 0.2) is 6.33 Å². The summed E-state index contributed by atoms with van der Waals surface area (Å²) < 4.78 is 5.30. The highest BCUT2D eigenvalue weighted by molar-refractivity contribution is 5.59. The molecule has 5 nitrogen and oxygen atoms in total. The molecule has 0 bridgehead atoms. The molecule has 0 saturated heterocycles. The number of hydrogen-bond acceptors (Lipinski definition) is 5. The summed E-state index contributed by atoms with van der Waals surface area (Å²) in [6, 6.07) is 0. The molecule has 102 valence electrons. The van der Waals surface area contributed by atoms with Crippen molar-refractivity contribution in [1.29, 1.82) is 0 Å². The third kappa shape index (κ3) is 3.32. The standard InChI is InChI=1S/C13H24N4O/c1-9(2)11-12(14-4)15-8-16-13(11)17(5)7-10(3)18-6/h8-10H,7H2,1-6H3,(H,14,15,16). The number of anilines is 2. The van der Waals surface area contributed by atoms with E-state index in [9.17, 15) is 0 Å². The first-order valence-corrected chi connectivity index (χ1v) is 6.27. The van der Waals surface area contributed by atoms with E-state index in [4.69, 9.17) is 4.74 Å². The van der Waals surface area contributed by atoms with E-state index in [-0.39, 0.29) is 6.10 Å². The molecule has 0 aliphatic rings. The van der Waals surface area contributed by atoms with Crippen LogP contribution in [0.25, 0.3) is 0 Å². The molecule has 0 radical (unpaired) electrons. The first-order valence-electron chi connectivity index (χ1n) is 6.27. The second-order valence-corrected chi connectivity index (χ2v) is 4.79. The highest BCUT2D eigenvalue weighted by atomic mass is 16.5. The second-order valence-electron chi connectivity index (χ2n) is 4.79. The van der Waals surface area contributed by atoms with Gasteiger partial charge < -0.3 is 15.0 Å². The first kappa shape index (κ1) is 14.7. The maximum absolute atomic E-state index is 5.30. The number of methoxy groups -OCH3 is 1. The van der Waals surface area contributed by atoms with Crippen molar-refractivity contribution in [2.75, 3.05) is 38.0 Å². The van der Waals surface area contributed by atoms with Crippen molar-refractivity contribution >= 4 is 11.6 Å². The number of aromatic nitrogens is 2. The highest BCUT2D eigenvalue weighted by Gasteiger charge is 2.18. The second kappa shape index (κ2) is 6.54. The molecule has 0 fully saturated rings. The number of nitrogens with one attached hydrogen (secondary N) is 1. The quantitative estimate of drug-likeness (QED) is 0.840. The molecule has 1 N–H and O–H groups in total. The smallest absolute Gasteiger partial charge is 0.137 e. The monoisotopic (exact) mass is 252 g/mol. The Morgan fingerprint density at radius 2 is 2.00 bits per heavy atom. The summed E-state index contributed by atoms with van der Waals surface area (Å²) in [5.74, 6) is 2.23. The Kier molecular flexibility index (Phi) is 5.34. The molecular formula is C13H24N4O. The topological polar surface area (TPSA) is 50.3 Å². The van der Waals surface area contributed by atoms with Gasteiger partial charge in [-0.05, 0) is 12.8 Å². The Bertz CT molecular complexity index is 381. The van der Waals surface area contributed by atoms with Crippen molar-refractivity contribution in [2.45, 2.75) is 32.8 Å². The minimum Gasteiger partial charge on any atom is -0.380 e. The third-order valence-corrected chi connectivity index (χ3v) is 2.97. The van der Waals surface area contributed by atoms with Gasteiger partial charge in [0.2, 0.25) is 0 Å². The Morgan fingerprint density at radius 1 is 1.33 bits per heavy atom. The van der Waals surface area contributed by atoms with Crippen LogP contribution in [0.4, 0.5) is 11.6 Å². The average molecular weight is 252 g/mol. The largest absolute Gasteiger partial charge is 0.380 e. The Morgan fingerprint density at radius 3 is 2.50 bits per heavy atom. The first-order chi connectivity index (χ1) is 8.51. The molecule has 1 unspecified atom stereocenters. The molecule has 0 aliphatic heterocycles. The molecule has 1 heterocycles. The van der Waals surface area contributed by atoms with Crippen molar-refractivity contribution in [3.8, 4) is 0 Å². The van der Waals surface area contributed by atoms with Crippen molar-refractivity contribution in [2.24, 2.45) is 0 Å². The van der Waals surface area contributed by atoms with Gasteiger partial charge in [0.1, 0.15) is 18.0 Å². The molecule has 1 aromatic rings. The Labute approximate surface area is 110 Å². The van der Waals surface area contributed by atoms with E-state index in [2.05, 4.69) is 34.0 Å². The van der Waals surface area contributed by atoms with Crippen molar-refractivity contribution in [3.05, 3.63) is 11.9 Å². The Hall–Kier alpha value is -1.36. The molecule has 0 aromatic carbocycles. The van der Waals surface area contributed by atoms with Gasteiger partial charge in [-0.1, -0.05) is 13.8 Å². The van der Waals surface area contributed by atoms with Gasteiger partial charge in [0.15, 0.2) is 0 Å². The maximum Gasteiger partial charge on any atom is 0.137 e. The van der Waals surface area contributed by atoms with Crippen molar-refractivity contribution in [3.63, 3.8) is 0 Å². The molecule has 1 aromatic heterocycles. The Balaban J connectivity index is 3.07. The van der Waals surface area contributed by atoms with Crippen LogP contribution < -0.4 is 10.2 Å². The summed E-state index contributed by atoms with van der Waals surface area (Å²) in [5.41, 5.74) is 1.14. The van der Waals surface area contributed by atoms with E-state index in [1.54, 1.807) is 13.4 Å². The molecule has 0 saturated carbocycles. The lowest BCUT2D eigenvalue weighted by Crippen LogP contribution is -2.30. The highest BCUT2D eigenvalue weighted by Crippen LogP contribution is 2.29. The van der Waals surface area contributed by atoms with Crippen LogP contribution in [-0.2, 0) is 4.74 Å². The van der Waals surface area contributed by atoms with Gasteiger partial charge in [-0.25, -0.2) is 9.97 Å². The lowest BCUT2D eigenvalue weighted by atomic mass is 10.0. The molecule has 0 aliphatic carbocycles. The van der Waals surface area contributed by atoms with Crippen LogP contribution in [0.3, 0.4) is 0 Å². The molecule has 0 amide bonds. The van der Waals surface area contributed by atoms with E-state index in [1.165, 1.54) is 0 Å². The van der Waals surface area contributed by atoms with Crippen LogP contribution in [0.5, 0.6) is 0 Å². The van der Waals surface area contributed by atoms with E-state index < -0.39 is 0 Å². The van der Waals surface area contributed by atoms with E-state index in [1.807, 2.05) is 21.0 Å². The minimum atomic E-state index is 0.169. The fourth-order valence-electron chi connectivity index (χ4n) is 1.97. The zero-order valence-electron chi connectivity index (χ0n) is 12.2. The number of ether oxygens (including phenoxy) is 1. The molecule has 5 heteroatoms. The van der Waals surface area contributed by atoms with E-state index >= 15 is 0 Å². The van der Waals surface area contributed by atoms with Crippen LogP contribution in [0, 0.1) is 0 Å². The summed E-state index contributed by atoms with van der Waals surface area (Å²) in [6.45, 7) is 7.15. The van der Waals surface area contributed by atoms with Crippen LogP contribution in [-0.4, -0.2) is 43.8 Å². The van der Waals surface area contributed by atoms with E-state index in [0.717, 1.165) is 23.7 Å².